The summed E-state index contributed by atoms with van der Waals surface area (Å²) in [6.07, 6.45) is 3.73. The summed E-state index contributed by atoms with van der Waals surface area (Å²) in [7, 11) is 0. The predicted octanol–water partition coefficient (Wildman–Crippen LogP) is 1.40. The fourth-order valence-corrected chi connectivity index (χ4v) is 2.37. The summed E-state index contributed by atoms with van der Waals surface area (Å²) >= 11 is 0. The third-order valence-corrected chi connectivity index (χ3v) is 3.48. The zero-order chi connectivity index (χ0) is 14.4. The Labute approximate surface area is 119 Å². The van der Waals surface area contributed by atoms with Crippen LogP contribution in [0.5, 0.6) is 0 Å². The van der Waals surface area contributed by atoms with Gasteiger partial charge in [0.1, 0.15) is 0 Å². The first-order valence-electron chi connectivity index (χ1n) is 7.08. The van der Waals surface area contributed by atoms with Crippen LogP contribution in [-0.2, 0) is 4.79 Å². The number of nitrogen functional groups attached to an aromatic ring is 1. The molecule has 1 aliphatic rings. The Hall–Kier alpha value is -2.04. The van der Waals surface area contributed by atoms with Crippen LogP contribution in [0.15, 0.2) is 24.3 Å². The molecule has 5 heteroatoms. The van der Waals surface area contributed by atoms with Crippen LogP contribution in [0, 0.1) is 0 Å². The highest BCUT2D eigenvalue weighted by atomic mass is 16.2. The first kappa shape index (κ1) is 14.4. The van der Waals surface area contributed by atoms with E-state index in [0.717, 1.165) is 25.9 Å². The van der Waals surface area contributed by atoms with Crippen LogP contribution in [0.2, 0.25) is 0 Å². The lowest BCUT2D eigenvalue weighted by atomic mass is 10.1. The van der Waals surface area contributed by atoms with Crippen molar-refractivity contribution in [1.29, 1.82) is 0 Å². The molecule has 3 N–H and O–H groups in total. The number of nitrogens with two attached hydrogens (primary N) is 1. The molecule has 0 aliphatic carbocycles. The number of anilines is 1. The second-order valence-corrected chi connectivity index (χ2v) is 5.07. The van der Waals surface area contributed by atoms with Gasteiger partial charge in [-0.25, -0.2) is 0 Å². The Bertz CT molecular complexity index is 482. The van der Waals surface area contributed by atoms with Crippen LogP contribution in [0.3, 0.4) is 0 Å². The van der Waals surface area contributed by atoms with Crippen molar-refractivity contribution in [3.05, 3.63) is 29.8 Å². The fourth-order valence-electron chi connectivity index (χ4n) is 2.37. The number of benzene rings is 1. The highest BCUT2D eigenvalue weighted by Crippen LogP contribution is 2.10. The second kappa shape index (κ2) is 6.93. The number of piperidine rings is 1. The molecule has 2 amide bonds. The largest absolute Gasteiger partial charge is 0.399 e. The number of hydrogen-bond acceptors (Lipinski definition) is 3. The summed E-state index contributed by atoms with van der Waals surface area (Å²) in [6.45, 7) is 2.06. The standard InChI is InChI=1S/C15H21N3O2/c16-13-6-4-5-12(11-13)15(20)17-8-7-14(19)18-9-2-1-3-10-18/h4-6,11H,1-3,7-10,16H2,(H,17,20). The fraction of sp³-hybridized carbons (Fsp3) is 0.467. The zero-order valence-electron chi connectivity index (χ0n) is 11.6. The maximum Gasteiger partial charge on any atom is 0.251 e. The van der Waals surface area contributed by atoms with Crippen LogP contribution in [0.4, 0.5) is 5.69 Å². The van der Waals surface area contributed by atoms with E-state index < -0.39 is 0 Å². The van der Waals surface area contributed by atoms with Gasteiger partial charge in [-0.2, -0.15) is 0 Å². The van der Waals surface area contributed by atoms with E-state index in [-0.39, 0.29) is 11.8 Å². The van der Waals surface area contributed by atoms with Crippen molar-refractivity contribution in [2.24, 2.45) is 0 Å². The van der Waals surface area contributed by atoms with Gasteiger partial charge in [-0.3, -0.25) is 9.59 Å². The monoisotopic (exact) mass is 275 g/mol. The van der Waals surface area contributed by atoms with Crippen LogP contribution >= 0.6 is 0 Å². The average Bonchev–Trinajstić information content (AvgIpc) is 2.48. The van der Waals surface area contributed by atoms with Crippen molar-refractivity contribution in [2.75, 3.05) is 25.4 Å². The minimum Gasteiger partial charge on any atom is -0.399 e. The van der Waals surface area contributed by atoms with Gasteiger partial charge in [-0.05, 0) is 37.5 Å². The van der Waals surface area contributed by atoms with Gasteiger partial charge < -0.3 is 16.0 Å². The number of hydrogen-bond donors (Lipinski definition) is 2. The molecule has 0 unspecified atom stereocenters. The highest BCUT2D eigenvalue weighted by Gasteiger charge is 2.16. The molecule has 0 saturated carbocycles. The van der Waals surface area contributed by atoms with Crippen molar-refractivity contribution in [3.63, 3.8) is 0 Å². The average molecular weight is 275 g/mol. The molecule has 20 heavy (non-hydrogen) atoms. The molecule has 1 fully saturated rings. The van der Waals surface area contributed by atoms with Gasteiger partial charge in [0.05, 0.1) is 0 Å². The molecule has 0 bridgehead atoms. The van der Waals surface area contributed by atoms with E-state index >= 15 is 0 Å². The molecular weight excluding hydrogens is 254 g/mol. The minimum atomic E-state index is -0.191. The van der Waals surface area contributed by atoms with Gasteiger partial charge in [0.15, 0.2) is 0 Å². The van der Waals surface area contributed by atoms with E-state index in [4.69, 9.17) is 5.73 Å². The lowest BCUT2D eigenvalue weighted by Gasteiger charge is -2.26. The molecule has 0 aromatic heterocycles. The predicted molar refractivity (Wildman–Crippen MR) is 78.2 cm³/mol. The number of rotatable bonds is 4. The topological polar surface area (TPSA) is 75.4 Å². The van der Waals surface area contributed by atoms with Crippen LogP contribution in [-0.4, -0.2) is 36.3 Å². The number of nitrogens with zero attached hydrogens (tertiary/aromatic N) is 1. The number of carbonyl (C=O) groups is 2. The second-order valence-electron chi connectivity index (χ2n) is 5.07. The van der Waals surface area contributed by atoms with Crippen molar-refractivity contribution in [3.8, 4) is 0 Å². The molecule has 1 aliphatic heterocycles. The Morgan fingerprint density at radius 2 is 1.95 bits per heavy atom. The zero-order valence-corrected chi connectivity index (χ0v) is 11.6. The molecule has 108 valence electrons. The molecule has 0 radical (unpaired) electrons. The van der Waals surface area contributed by atoms with E-state index in [1.54, 1.807) is 24.3 Å². The van der Waals surface area contributed by atoms with E-state index in [1.807, 2.05) is 4.90 Å². The maximum atomic E-state index is 11.9. The van der Waals surface area contributed by atoms with Gasteiger partial charge in [-0.15, -0.1) is 0 Å². The normalized spacial score (nSPS) is 14.9. The molecule has 1 heterocycles. The first-order chi connectivity index (χ1) is 9.66. The van der Waals surface area contributed by atoms with E-state index in [9.17, 15) is 9.59 Å². The number of nitrogens with one attached hydrogen (secondary N) is 1. The van der Waals surface area contributed by atoms with Gasteiger partial charge in [-0.1, -0.05) is 6.07 Å². The van der Waals surface area contributed by atoms with Gasteiger partial charge in [0, 0.05) is 37.3 Å². The Balaban J connectivity index is 1.75. The van der Waals surface area contributed by atoms with E-state index in [1.165, 1.54) is 6.42 Å². The van der Waals surface area contributed by atoms with Crippen molar-refractivity contribution >= 4 is 17.5 Å². The van der Waals surface area contributed by atoms with Gasteiger partial charge >= 0.3 is 0 Å². The lowest BCUT2D eigenvalue weighted by molar-refractivity contribution is -0.131. The number of carbonyl (C=O) groups excluding carboxylic acids is 2. The molecule has 5 nitrogen and oxygen atoms in total. The van der Waals surface area contributed by atoms with E-state index in [0.29, 0.717) is 24.2 Å². The maximum absolute atomic E-state index is 11.9. The molecule has 1 aromatic rings. The molecule has 0 atom stereocenters. The van der Waals surface area contributed by atoms with Crippen LogP contribution < -0.4 is 11.1 Å². The van der Waals surface area contributed by atoms with Gasteiger partial charge in [0.25, 0.3) is 5.91 Å². The van der Waals surface area contributed by atoms with Crippen LogP contribution in [0.1, 0.15) is 36.0 Å². The molecule has 2 rings (SSSR count). The first-order valence-corrected chi connectivity index (χ1v) is 7.08. The Morgan fingerprint density at radius 3 is 2.65 bits per heavy atom. The van der Waals surface area contributed by atoms with Crippen molar-refractivity contribution in [2.45, 2.75) is 25.7 Å². The van der Waals surface area contributed by atoms with Crippen molar-refractivity contribution < 1.29 is 9.59 Å². The molecule has 1 saturated heterocycles. The smallest absolute Gasteiger partial charge is 0.251 e. The summed E-state index contributed by atoms with van der Waals surface area (Å²) in [4.78, 5) is 25.7. The molecule has 1 aromatic carbocycles. The summed E-state index contributed by atoms with van der Waals surface area (Å²) in [5.74, 6) is -0.0682. The Morgan fingerprint density at radius 1 is 1.20 bits per heavy atom. The van der Waals surface area contributed by atoms with Crippen molar-refractivity contribution in [1.82, 2.24) is 10.2 Å². The number of likely N-dealkylation sites (tertiary alicyclic amines) is 1. The SMILES string of the molecule is Nc1cccc(C(=O)NCCC(=O)N2CCCCC2)c1. The van der Waals surface area contributed by atoms with Crippen LogP contribution in [0.25, 0.3) is 0 Å². The third-order valence-electron chi connectivity index (χ3n) is 3.48. The lowest BCUT2D eigenvalue weighted by Crippen LogP contribution is -2.37. The molecular formula is C15H21N3O2. The quantitative estimate of drug-likeness (QED) is 0.816. The summed E-state index contributed by atoms with van der Waals surface area (Å²) in [6, 6.07) is 6.81. The van der Waals surface area contributed by atoms with E-state index in [2.05, 4.69) is 5.32 Å². The number of amides is 2. The van der Waals surface area contributed by atoms with Gasteiger partial charge in [0.2, 0.25) is 5.91 Å². The minimum absolute atomic E-state index is 0.123. The summed E-state index contributed by atoms with van der Waals surface area (Å²) in [5, 5.41) is 2.75. The summed E-state index contributed by atoms with van der Waals surface area (Å²) < 4.78 is 0. The highest BCUT2D eigenvalue weighted by molar-refractivity contribution is 5.95. The third kappa shape index (κ3) is 3.98. The molecule has 0 spiro atoms. The summed E-state index contributed by atoms with van der Waals surface area (Å²) in [5.41, 5.74) is 6.71. The Kier molecular flexibility index (Phi) is 4.98.